The van der Waals surface area contributed by atoms with Gasteiger partial charge in [0.25, 0.3) is 0 Å². The molecule has 0 saturated carbocycles. The Labute approximate surface area is 87.9 Å². The van der Waals surface area contributed by atoms with Crippen LogP contribution in [0.15, 0.2) is 17.0 Å². The molecule has 0 aliphatic rings. The Hall–Kier alpha value is -0.290. The molecule has 0 aliphatic heterocycles. The molecule has 0 spiro atoms. The quantitative estimate of drug-likeness (QED) is 0.809. The fourth-order valence-electron chi connectivity index (χ4n) is 0.807. The molecule has 1 atom stereocenters. The van der Waals surface area contributed by atoms with Gasteiger partial charge in [0.2, 0.25) is 0 Å². The Morgan fingerprint density at radius 2 is 2.00 bits per heavy atom. The summed E-state index contributed by atoms with van der Waals surface area (Å²) < 4.78 is 24.3. The first kappa shape index (κ1) is 10.8. The van der Waals surface area contributed by atoms with Crippen molar-refractivity contribution in [1.82, 2.24) is 0 Å². The maximum Gasteiger partial charge on any atom is 0.188 e. The SMILES string of the molecule is COc1ccc(S(=O)O)c(Cl)c1Cl. The lowest BCUT2D eigenvalue weighted by Gasteiger charge is -2.06. The second kappa shape index (κ2) is 4.28. The van der Waals surface area contributed by atoms with Crippen LogP contribution in [-0.2, 0) is 11.1 Å². The molecule has 0 amide bonds. The van der Waals surface area contributed by atoms with Crippen molar-refractivity contribution >= 4 is 34.3 Å². The van der Waals surface area contributed by atoms with Crippen LogP contribution in [0.25, 0.3) is 0 Å². The van der Waals surface area contributed by atoms with E-state index in [9.17, 15) is 4.21 Å². The highest BCUT2D eigenvalue weighted by Crippen LogP contribution is 2.35. The Balaban J connectivity index is 3.31. The monoisotopic (exact) mass is 240 g/mol. The highest BCUT2D eigenvalue weighted by molar-refractivity contribution is 7.79. The van der Waals surface area contributed by atoms with Crippen molar-refractivity contribution in [3.63, 3.8) is 0 Å². The minimum atomic E-state index is -2.13. The molecular weight excluding hydrogens is 235 g/mol. The first-order valence-electron chi connectivity index (χ1n) is 3.20. The lowest BCUT2D eigenvalue weighted by Crippen LogP contribution is -1.92. The number of methoxy groups -OCH3 is 1. The summed E-state index contributed by atoms with van der Waals surface area (Å²) in [7, 11) is 1.44. The molecule has 13 heavy (non-hydrogen) atoms. The summed E-state index contributed by atoms with van der Waals surface area (Å²) in [5.74, 6) is 0.376. The van der Waals surface area contributed by atoms with Gasteiger partial charge in [-0.25, -0.2) is 4.21 Å². The lowest BCUT2D eigenvalue weighted by atomic mass is 10.3. The average Bonchev–Trinajstić information content (AvgIpc) is 2.09. The third kappa shape index (κ3) is 2.14. The summed E-state index contributed by atoms with van der Waals surface area (Å²) in [6, 6.07) is 2.88. The van der Waals surface area contributed by atoms with Gasteiger partial charge in [0.1, 0.15) is 10.8 Å². The van der Waals surface area contributed by atoms with Gasteiger partial charge < -0.3 is 9.29 Å². The van der Waals surface area contributed by atoms with Gasteiger partial charge in [-0.1, -0.05) is 23.2 Å². The fraction of sp³-hybridized carbons (Fsp3) is 0.143. The molecule has 72 valence electrons. The zero-order chi connectivity index (χ0) is 10.0. The van der Waals surface area contributed by atoms with Gasteiger partial charge in [-0.2, -0.15) is 0 Å². The minimum absolute atomic E-state index is 0.0434. The third-order valence-corrected chi connectivity index (χ3v) is 3.11. The Kier molecular flexibility index (Phi) is 3.55. The molecule has 0 heterocycles. The third-order valence-electron chi connectivity index (χ3n) is 1.42. The topological polar surface area (TPSA) is 46.5 Å². The molecule has 1 unspecified atom stereocenters. The molecule has 0 aromatic heterocycles. The summed E-state index contributed by atoms with van der Waals surface area (Å²) in [6.45, 7) is 0. The van der Waals surface area contributed by atoms with Crippen molar-refractivity contribution in [2.75, 3.05) is 7.11 Å². The zero-order valence-corrected chi connectivity index (χ0v) is 8.91. The molecular formula is C7H6Cl2O3S. The van der Waals surface area contributed by atoms with Crippen LogP contribution in [0.5, 0.6) is 5.75 Å². The van der Waals surface area contributed by atoms with Crippen LogP contribution in [0.4, 0.5) is 0 Å². The van der Waals surface area contributed by atoms with Crippen LogP contribution in [0, 0.1) is 0 Å². The molecule has 1 rings (SSSR count). The van der Waals surface area contributed by atoms with Crippen LogP contribution in [0.3, 0.4) is 0 Å². The highest BCUT2D eigenvalue weighted by Gasteiger charge is 2.13. The molecule has 3 nitrogen and oxygen atoms in total. The van der Waals surface area contributed by atoms with Crippen molar-refractivity contribution in [2.24, 2.45) is 0 Å². The van der Waals surface area contributed by atoms with Crippen molar-refractivity contribution < 1.29 is 13.5 Å². The van der Waals surface area contributed by atoms with Crippen molar-refractivity contribution in [3.8, 4) is 5.75 Å². The van der Waals surface area contributed by atoms with Crippen LogP contribution >= 0.6 is 23.2 Å². The van der Waals surface area contributed by atoms with E-state index < -0.39 is 11.1 Å². The maximum atomic E-state index is 10.7. The van der Waals surface area contributed by atoms with Crippen LogP contribution in [0.1, 0.15) is 0 Å². The first-order chi connectivity index (χ1) is 6.07. The van der Waals surface area contributed by atoms with Gasteiger partial charge in [-0.3, -0.25) is 0 Å². The van der Waals surface area contributed by atoms with Gasteiger partial charge in [0.15, 0.2) is 11.1 Å². The summed E-state index contributed by atoms with van der Waals surface area (Å²) in [6.07, 6.45) is 0. The second-order valence-corrected chi connectivity index (χ2v) is 3.84. The van der Waals surface area contributed by atoms with Gasteiger partial charge in [-0.05, 0) is 12.1 Å². The Bertz CT molecular complexity index is 354. The first-order valence-corrected chi connectivity index (χ1v) is 5.07. The number of halogens is 2. The van der Waals surface area contributed by atoms with Gasteiger partial charge in [0.05, 0.1) is 17.0 Å². The molecule has 0 aliphatic carbocycles. The maximum absolute atomic E-state index is 10.7. The normalized spacial score (nSPS) is 12.6. The molecule has 1 N–H and O–H groups in total. The Morgan fingerprint density at radius 1 is 1.38 bits per heavy atom. The van der Waals surface area contributed by atoms with E-state index in [4.69, 9.17) is 32.5 Å². The molecule has 6 heteroatoms. The van der Waals surface area contributed by atoms with Gasteiger partial charge in [0, 0.05) is 0 Å². The molecule has 0 saturated heterocycles. The van der Waals surface area contributed by atoms with E-state index in [2.05, 4.69) is 0 Å². The van der Waals surface area contributed by atoms with E-state index >= 15 is 0 Å². The second-order valence-electron chi connectivity index (χ2n) is 2.14. The van der Waals surface area contributed by atoms with E-state index in [1.54, 1.807) is 0 Å². The van der Waals surface area contributed by atoms with Crippen molar-refractivity contribution in [2.45, 2.75) is 4.90 Å². The smallest absolute Gasteiger partial charge is 0.188 e. The molecule has 1 aromatic rings. The van der Waals surface area contributed by atoms with Crippen LogP contribution in [-0.4, -0.2) is 15.9 Å². The number of ether oxygens (including phenoxy) is 1. The minimum Gasteiger partial charge on any atom is -0.495 e. The number of benzene rings is 1. The van der Waals surface area contributed by atoms with Crippen molar-refractivity contribution in [3.05, 3.63) is 22.2 Å². The molecule has 0 radical (unpaired) electrons. The van der Waals surface area contributed by atoms with Gasteiger partial charge in [-0.15, -0.1) is 0 Å². The molecule has 0 fully saturated rings. The average molecular weight is 241 g/mol. The summed E-state index contributed by atoms with van der Waals surface area (Å²) in [4.78, 5) is 0.0764. The van der Waals surface area contributed by atoms with E-state index in [-0.39, 0.29) is 14.9 Å². The molecule has 1 aromatic carbocycles. The largest absolute Gasteiger partial charge is 0.495 e. The van der Waals surface area contributed by atoms with Crippen LogP contribution in [0.2, 0.25) is 10.0 Å². The summed E-state index contributed by atoms with van der Waals surface area (Å²) in [5.41, 5.74) is 0. The number of hydrogen-bond acceptors (Lipinski definition) is 2. The van der Waals surface area contributed by atoms with Crippen molar-refractivity contribution in [1.29, 1.82) is 0 Å². The van der Waals surface area contributed by atoms with E-state index in [0.29, 0.717) is 5.75 Å². The highest BCUT2D eigenvalue weighted by atomic mass is 35.5. The summed E-state index contributed by atoms with van der Waals surface area (Å²) >= 11 is 9.31. The zero-order valence-electron chi connectivity index (χ0n) is 6.58. The number of rotatable bonds is 2. The van der Waals surface area contributed by atoms with Crippen LogP contribution < -0.4 is 4.74 Å². The summed E-state index contributed by atoms with van der Waals surface area (Å²) in [5, 5.41) is 0.186. The lowest BCUT2D eigenvalue weighted by molar-refractivity contribution is 0.414. The predicted molar refractivity (Wildman–Crippen MR) is 52.1 cm³/mol. The molecule has 0 bridgehead atoms. The van der Waals surface area contributed by atoms with E-state index in [0.717, 1.165) is 0 Å². The Morgan fingerprint density at radius 3 is 2.46 bits per heavy atom. The number of hydrogen-bond donors (Lipinski definition) is 1. The van der Waals surface area contributed by atoms with Gasteiger partial charge >= 0.3 is 0 Å². The fourth-order valence-corrected chi connectivity index (χ4v) is 1.90. The predicted octanol–water partition coefficient (Wildman–Crippen LogP) is 2.58. The standard InChI is InChI=1S/C7H6Cl2O3S/c1-12-4-2-3-5(13(10)11)7(9)6(4)8/h2-3H,1H3,(H,10,11). The van der Waals surface area contributed by atoms with E-state index in [1.165, 1.54) is 19.2 Å². The van der Waals surface area contributed by atoms with E-state index in [1.807, 2.05) is 0 Å².